The summed E-state index contributed by atoms with van der Waals surface area (Å²) < 4.78 is 0. The fourth-order valence-electron chi connectivity index (χ4n) is 1.38. The van der Waals surface area contributed by atoms with Crippen LogP contribution >= 0.6 is 11.6 Å². The highest BCUT2D eigenvalue weighted by atomic mass is 35.5. The lowest BCUT2D eigenvalue weighted by Gasteiger charge is -2.12. The molecule has 0 aliphatic rings. The van der Waals surface area contributed by atoms with Crippen molar-refractivity contribution in [2.24, 2.45) is 0 Å². The van der Waals surface area contributed by atoms with Gasteiger partial charge in [-0.25, -0.2) is 0 Å². The number of rotatable bonds is 3. The maximum absolute atomic E-state index is 6.13. The fourth-order valence-corrected chi connectivity index (χ4v) is 1.77. The largest absolute Gasteiger partial charge is 0.380 e. The molecule has 14 heavy (non-hydrogen) atoms. The molecule has 0 heterocycles. The van der Waals surface area contributed by atoms with E-state index in [2.05, 4.69) is 24.9 Å². The molecule has 0 bridgehead atoms. The van der Waals surface area contributed by atoms with Crippen molar-refractivity contribution in [3.8, 4) is 0 Å². The lowest BCUT2D eigenvalue weighted by molar-refractivity contribution is 1.20. The Balaban J connectivity index is 2.91. The maximum atomic E-state index is 6.13. The Kier molecular flexibility index (Phi) is 3.59. The van der Waals surface area contributed by atoms with Crippen molar-refractivity contribution in [1.82, 2.24) is 0 Å². The van der Waals surface area contributed by atoms with Crippen molar-refractivity contribution in [3.05, 3.63) is 40.4 Å². The summed E-state index contributed by atoms with van der Waals surface area (Å²) in [6.07, 6.45) is 0. The molecular weight excluding hydrogens is 194 g/mol. The summed E-state index contributed by atoms with van der Waals surface area (Å²) in [5.41, 5.74) is 4.48. The third kappa shape index (κ3) is 2.78. The van der Waals surface area contributed by atoms with Gasteiger partial charge in [0.25, 0.3) is 0 Å². The normalized spacial score (nSPS) is 10.0. The SMILES string of the molecule is C=C(C)CNc1c(C)cc(C)cc1Cl. The summed E-state index contributed by atoms with van der Waals surface area (Å²) in [4.78, 5) is 0. The molecule has 1 nitrogen and oxygen atoms in total. The molecule has 0 radical (unpaired) electrons. The molecule has 1 rings (SSSR count). The summed E-state index contributed by atoms with van der Waals surface area (Å²) in [5.74, 6) is 0. The second-order valence-corrected chi connectivity index (χ2v) is 4.16. The van der Waals surface area contributed by atoms with Gasteiger partial charge < -0.3 is 5.32 Å². The molecule has 0 aromatic heterocycles. The van der Waals surface area contributed by atoms with E-state index < -0.39 is 0 Å². The fraction of sp³-hybridized carbons (Fsp3) is 0.333. The highest BCUT2D eigenvalue weighted by molar-refractivity contribution is 6.33. The van der Waals surface area contributed by atoms with Crippen LogP contribution in [0.3, 0.4) is 0 Å². The average molecular weight is 210 g/mol. The first-order chi connectivity index (χ1) is 6.50. The Morgan fingerprint density at radius 3 is 2.57 bits per heavy atom. The lowest BCUT2D eigenvalue weighted by atomic mass is 10.1. The third-order valence-corrected chi connectivity index (χ3v) is 2.30. The van der Waals surface area contributed by atoms with Crippen LogP contribution in [0.4, 0.5) is 5.69 Å². The molecule has 0 aliphatic heterocycles. The van der Waals surface area contributed by atoms with Gasteiger partial charge in [-0.2, -0.15) is 0 Å². The minimum Gasteiger partial charge on any atom is -0.380 e. The molecule has 0 saturated heterocycles. The van der Waals surface area contributed by atoms with Crippen LogP contribution in [-0.4, -0.2) is 6.54 Å². The molecule has 0 fully saturated rings. The number of hydrogen-bond donors (Lipinski definition) is 1. The zero-order chi connectivity index (χ0) is 10.7. The van der Waals surface area contributed by atoms with Gasteiger partial charge in [-0.15, -0.1) is 0 Å². The Hall–Kier alpha value is -0.950. The number of halogens is 1. The Morgan fingerprint density at radius 2 is 2.07 bits per heavy atom. The molecule has 0 spiro atoms. The highest BCUT2D eigenvalue weighted by Crippen LogP contribution is 2.27. The molecule has 0 amide bonds. The minimum atomic E-state index is 0.767. The van der Waals surface area contributed by atoms with Crippen LogP contribution in [0.5, 0.6) is 0 Å². The van der Waals surface area contributed by atoms with Gasteiger partial charge in [0, 0.05) is 6.54 Å². The van der Waals surface area contributed by atoms with E-state index in [4.69, 9.17) is 11.6 Å². The molecule has 0 unspecified atom stereocenters. The number of benzene rings is 1. The van der Waals surface area contributed by atoms with Crippen LogP contribution in [-0.2, 0) is 0 Å². The molecule has 1 aromatic carbocycles. The number of hydrogen-bond acceptors (Lipinski definition) is 1. The molecule has 1 aromatic rings. The van der Waals surface area contributed by atoms with Crippen molar-refractivity contribution in [2.45, 2.75) is 20.8 Å². The minimum absolute atomic E-state index is 0.767. The second-order valence-electron chi connectivity index (χ2n) is 3.75. The van der Waals surface area contributed by atoms with Crippen molar-refractivity contribution in [1.29, 1.82) is 0 Å². The number of anilines is 1. The average Bonchev–Trinajstić information content (AvgIpc) is 2.01. The highest BCUT2D eigenvalue weighted by Gasteiger charge is 2.03. The molecular formula is C12H16ClN. The molecule has 0 aliphatic carbocycles. The van der Waals surface area contributed by atoms with E-state index in [0.717, 1.165) is 22.8 Å². The molecule has 2 heteroatoms. The van der Waals surface area contributed by atoms with Gasteiger partial charge in [0.15, 0.2) is 0 Å². The lowest BCUT2D eigenvalue weighted by Crippen LogP contribution is -2.04. The quantitative estimate of drug-likeness (QED) is 0.744. The molecule has 0 saturated carbocycles. The smallest absolute Gasteiger partial charge is 0.0642 e. The number of nitrogens with one attached hydrogen (secondary N) is 1. The molecule has 1 N–H and O–H groups in total. The summed E-state index contributed by atoms with van der Waals surface area (Å²) >= 11 is 6.13. The van der Waals surface area contributed by atoms with E-state index >= 15 is 0 Å². The van der Waals surface area contributed by atoms with Crippen LogP contribution < -0.4 is 5.32 Å². The Labute approximate surface area is 90.8 Å². The maximum Gasteiger partial charge on any atom is 0.0642 e. The van der Waals surface area contributed by atoms with Gasteiger partial charge in [-0.05, 0) is 38.0 Å². The van der Waals surface area contributed by atoms with Crippen LogP contribution in [0.15, 0.2) is 24.3 Å². The van der Waals surface area contributed by atoms with Crippen LogP contribution in [0.2, 0.25) is 5.02 Å². The Morgan fingerprint density at radius 1 is 1.43 bits per heavy atom. The van der Waals surface area contributed by atoms with E-state index in [1.54, 1.807) is 0 Å². The van der Waals surface area contributed by atoms with Crippen molar-refractivity contribution < 1.29 is 0 Å². The van der Waals surface area contributed by atoms with Crippen LogP contribution in [0.25, 0.3) is 0 Å². The first-order valence-corrected chi connectivity index (χ1v) is 5.03. The standard InChI is InChI=1S/C12H16ClN/c1-8(2)7-14-12-10(4)5-9(3)6-11(12)13/h5-6,14H,1,7H2,2-4H3. The molecule has 76 valence electrons. The summed E-state index contributed by atoms with van der Waals surface area (Å²) in [7, 11) is 0. The van der Waals surface area contributed by atoms with Gasteiger partial charge in [-0.1, -0.05) is 29.8 Å². The monoisotopic (exact) mass is 209 g/mol. The van der Waals surface area contributed by atoms with E-state index in [0.29, 0.717) is 0 Å². The van der Waals surface area contributed by atoms with Crippen molar-refractivity contribution in [2.75, 3.05) is 11.9 Å². The summed E-state index contributed by atoms with van der Waals surface area (Å²) in [6, 6.07) is 4.09. The van der Waals surface area contributed by atoms with Gasteiger partial charge in [0.2, 0.25) is 0 Å². The zero-order valence-electron chi connectivity index (χ0n) is 8.95. The molecule has 0 atom stereocenters. The van der Waals surface area contributed by atoms with Gasteiger partial charge in [0.05, 0.1) is 10.7 Å². The topological polar surface area (TPSA) is 12.0 Å². The predicted octanol–water partition coefficient (Wildman–Crippen LogP) is 3.94. The Bertz CT molecular complexity index is 332. The number of aryl methyl sites for hydroxylation is 2. The van der Waals surface area contributed by atoms with E-state index in [9.17, 15) is 0 Å². The first-order valence-electron chi connectivity index (χ1n) is 4.65. The summed E-state index contributed by atoms with van der Waals surface area (Å²) in [6.45, 7) is 10.7. The predicted molar refractivity (Wildman–Crippen MR) is 64.2 cm³/mol. The van der Waals surface area contributed by atoms with Crippen molar-refractivity contribution >= 4 is 17.3 Å². The van der Waals surface area contributed by atoms with E-state index in [1.807, 2.05) is 19.9 Å². The second kappa shape index (κ2) is 4.52. The van der Waals surface area contributed by atoms with E-state index in [-0.39, 0.29) is 0 Å². The summed E-state index contributed by atoms with van der Waals surface area (Å²) in [5, 5.41) is 4.06. The van der Waals surface area contributed by atoms with Gasteiger partial charge in [0.1, 0.15) is 0 Å². The zero-order valence-corrected chi connectivity index (χ0v) is 9.70. The van der Waals surface area contributed by atoms with Gasteiger partial charge >= 0.3 is 0 Å². The first kappa shape index (κ1) is 11.1. The van der Waals surface area contributed by atoms with Crippen LogP contribution in [0, 0.1) is 13.8 Å². The van der Waals surface area contributed by atoms with Crippen LogP contribution in [0.1, 0.15) is 18.1 Å². The third-order valence-electron chi connectivity index (χ3n) is 2.00. The van der Waals surface area contributed by atoms with Crippen molar-refractivity contribution in [3.63, 3.8) is 0 Å². The van der Waals surface area contributed by atoms with E-state index in [1.165, 1.54) is 11.1 Å². The van der Waals surface area contributed by atoms with Gasteiger partial charge in [-0.3, -0.25) is 0 Å².